The Labute approximate surface area is 729 Å². The highest BCUT2D eigenvalue weighted by molar-refractivity contribution is 9.10. The molecule has 1 aliphatic rings. The van der Waals surface area contributed by atoms with Crippen LogP contribution in [0.4, 0.5) is 4.79 Å². The molecule has 120 heavy (non-hydrogen) atoms. The van der Waals surface area contributed by atoms with E-state index < -0.39 is 29.2 Å². The second-order valence-corrected chi connectivity index (χ2v) is 33.7. The van der Waals surface area contributed by atoms with Crippen molar-refractivity contribution >= 4 is 63.0 Å². The number of aliphatic imine (C=N–C) groups is 2. The van der Waals surface area contributed by atoms with Gasteiger partial charge < -0.3 is 38.4 Å². The highest BCUT2D eigenvalue weighted by atomic mass is 79.9. The minimum atomic E-state index is -1.07. The largest absolute Gasteiger partial charge is 1.00 e. The summed E-state index contributed by atoms with van der Waals surface area (Å²) < 4.78 is 26.8. The highest BCUT2D eigenvalue weighted by Gasteiger charge is 2.30. The van der Waals surface area contributed by atoms with E-state index in [0.29, 0.717) is 12.7 Å². The van der Waals surface area contributed by atoms with Gasteiger partial charge in [0.2, 0.25) is 12.2 Å². The lowest BCUT2D eigenvalue weighted by atomic mass is 10.0. The number of Topliss-reactive ketones (excluding diaryl/α,β-unsaturated/α-hetero) is 2. The quantitative estimate of drug-likeness (QED) is 0.0145. The van der Waals surface area contributed by atoms with Crippen LogP contribution >= 0.6 is 15.9 Å². The van der Waals surface area contributed by atoms with Gasteiger partial charge in [-0.05, 0) is 225 Å². The zero-order valence-corrected chi connectivity index (χ0v) is 74.5. The van der Waals surface area contributed by atoms with Crippen LogP contribution in [0.15, 0.2) is 312 Å². The number of carbonyl (C=O) groups is 4. The Morgan fingerprint density at radius 3 is 1.07 bits per heavy atom. The van der Waals surface area contributed by atoms with E-state index in [9.17, 15) is 28.2 Å². The lowest BCUT2D eigenvalue weighted by Gasteiger charge is -2.23. The lowest BCUT2D eigenvalue weighted by molar-refractivity contribution is -0.420. The molecule has 15 nitrogen and oxygen atoms in total. The molecule has 6 atom stereocenters. The third kappa shape index (κ3) is 38.0. The summed E-state index contributed by atoms with van der Waals surface area (Å²) >= 11 is 3.28. The Bertz CT molecular complexity index is 4860. The molecule has 0 saturated carbocycles. The van der Waals surface area contributed by atoms with Gasteiger partial charge in [0.05, 0.1) is 46.8 Å². The Kier molecular flexibility index (Phi) is 43.8. The molecule has 1 heterocycles. The molecule has 18 heteroatoms. The number of quaternary nitrogens is 1. The number of hydrogen-bond donors (Lipinski definition) is 4. The van der Waals surface area contributed by atoms with Crippen molar-refractivity contribution in [3.05, 3.63) is 391 Å². The van der Waals surface area contributed by atoms with E-state index in [1.807, 2.05) is 132 Å². The zero-order valence-electron chi connectivity index (χ0n) is 71.3. The van der Waals surface area contributed by atoms with E-state index in [4.69, 9.17) is 9.47 Å². The first-order valence-corrected chi connectivity index (χ1v) is 42.9. The molecule has 0 unspecified atom stereocenters. The summed E-state index contributed by atoms with van der Waals surface area (Å²) in [4.78, 5) is 64.8. The first-order chi connectivity index (χ1) is 57.3. The molecular formula is C102H119BrClN7O8S. The van der Waals surface area contributed by atoms with Crippen molar-refractivity contribution in [3.63, 3.8) is 0 Å². The van der Waals surface area contributed by atoms with Crippen LogP contribution in [-0.4, -0.2) is 75.4 Å². The van der Waals surface area contributed by atoms with Crippen LogP contribution < -0.4 is 33.6 Å². The number of alkyl carbamates (subject to hydrolysis) is 1. The van der Waals surface area contributed by atoms with E-state index in [1.165, 1.54) is 73.1 Å². The van der Waals surface area contributed by atoms with Gasteiger partial charge in [0.1, 0.15) is 12.7 Å². The molecule has 0 saturated heterocycles. The number of rotatable bonds is 30. The second kappa shape index (κ2) is 53.6. The number of amides is 1. The smallest absolute Gasteiger partial charge is 0.408 e. The van der Waals surface area contributed by atoms with Crippen LogP contribution in [0, 0.1) is 0 Å². The van der Waals surface area contributed by atoms with Gasteiger partial charge >= 0.3 is 12.1 Å². The number of ketones is 2. The van der Waals surface area contributed by atoms with Crippen LogP contribution in [0.25, 0.3) is 0 Å². The number of halogens is 2. The topological polar surface area (TPSA) is 213 Å². The standard InChI is InChI=1S/C25H32N4O4.C20H27NOS.C17H17NO.C16H19N.C16H16O.C8H7BrO.ClH/c1-18(2)32-24(30)23(15-29-17-26-16-27-29)33-25(31)28-19(3)22-13-11-21(12-14-22)10-9-20-7-5-4-6-8-20;1-16(21-23(22)20(2,3)4)19-14-12-18(13-15-19)11-10-17-8-6-5-7-9-17;1-14(18-13-19)17-11-9-16(10-12-17)8-7-15-5-3-2-4-6-15;2*1-13(17)16-11-9-15(10-12-16)8-7-14-5-3-2-4-6-14;1-6(10)7-2-4-8(9)5-3-7;/h4-8,11-14,16,18-19,23H,9-10,15,17H2,1-3H3,(H,26,27)(H,28,31);5-9,12-16,21H,10-11H2,1-4H3;2-6,9-12,14H,7-8H2,1H3;2-6,9-13H,7-8,17H2,1H3;2-6,9-12H,7-8H2,1H3;2-5H,1H3;1H/t19-,23+;16-,23-;14-;13-;;;/m0000.../s1. The van der Waals surface area contributed by atoms with Gasteiger partial charge in [-0.3, -0.25) is 14.6 Å². The molecule has 1 aliphatic heterocycles. The van der Waals surface area contributed by atoms with Crippen molar-refractivity contribution in [2.75, 3.05) is 13.2 Å². The molecule has 0 aromatic heterocycles. The molecule has 11 aromatic carbocycles. The van der Waals surface area contributed by atoms with Crippen molar-refractivity contribution in [1.29, 1.82) is 0 Å². The van der Waals surface area contributed by atoms with Gasteiger partial charge in [0, 0.05) is 27.2 Å². The van der Waals surface area contributed by atoms with E-state index in [-0.39, 0.29) is 59.5 Å². The molecule has 11 aromatic rings. The molecule has 630 valence electrons. The third-order valence-corrected chi connectivity index (χ3v) is 21.8. The Hall–Kier alpha value is -10.9. The van der Waals surface area contributed by atoms with Gasteiger partial charge in [-0.15, -0.1) is 0 Å². The molecule has 6 N–H and O–H groups in total. The number of hydrogen-bond acceptors (Lipinski definition) is 12. The average Bonchev–Trinajstić information content (AvgIpc) is 1.39. The number of carbonyl (C=O) groups excluding carboxylic acids is 5. The zero-order chi connectivity index (χ0) is 85.7. The van der Waals surface area contributed by atoms with E-state index in [1.54, 1.807) is 50.9 Å². The summed E-state index contributed by atoms with van der Waals surface area (Å²) in [6, 6.07) is 102. The Morgan fingerprint density at radius 2 is 0.775 bits per heavy atom. The minimum absolute atomic E-state index is 0. The van der Waals surface area contributed by atoms with Crippen LogP contribution in [-0.2, 0) is 94.3 Å². The SMILES string of the molecule is CC(=O)c1ccc(Br)cc1.CC(=O)c1ccc(CCc2ccccc2)cc1.CC(C)OC(=O)[C@@H](CN1CN=CN1)OC(=O)N[C@@H](C)c1ccc(CCc2ccccc2)cc1.C[C@H](N=C=O)c1ccc(CCc2ccccc2)cc1.C[C@H](N[S@@](=O)C(C)(C)C)c1ccc(CCc2ccccc2)cc1.C[C@H]([NH3+])c1ccc(CCc2ccccc2)cc1.[Cl-]. The summed E-state index contributed by atoms with van der Waals surface area (Å²) in [5.41, 5.74) is 26.3. The fourth-order valence-electron chi connectivity index (χ4n) is 12.2. The van der Waals surface area contributed by atoms with Gasteiger partial charge in [-0.25, -0.2) is 23.3 Å². The number of esters is 1. The molecule has 1 amide bonds. The van der Waals surface area contributed by atoms with Crippen LogP contribution in [0.2, 0.25) is 0 Å². The maximum absolute atomic E-state index is 12.5. The number of nitrogens with one attached hydrogen (secondary N) is 3. The molecule has 0 radical (unpaired) electrons. The van der Waals surface area contributed by atoms with Crippen molar-refractivity contribution in [2.45, 2.75) is 181 Å². The lowest BCUT2D eigenvalue weighted by Crippen LogP contribution is -3.00. The molecular weight excluding hydrogens is 1600 g/mol. The third-order valence-electron chi connectivity index (χ3n) is 19.6. The molecule has 0 spiro atoms. The highest BCUT2D eigenvalue weighted by Crippen LogP contribution is 2.23. The number of benzene rings is 11. The number of hydrazine groups is 1. The van der Waals surface area contributed by atoms with Gasteiger partial charge in [-0.1, -0.05) is 301 Å². The molecule has 0 bridgehead atoms. The maximum atomic E-state index is 12.5. The summed E-state index contributed by atoms with van der Waals surface area (Å²) in [7, 11) is -1.05. The number of nitrogens with zero attached hydrogens (tertiary/aromatic N) is 3. The summed E-state index contributed by atoms with van der Waals surface area (Å²) in [5.74, 6) is -0.364. The van der Waals surface area contributed by atoms with Gasteiger partial charge in [0.15, 0.2) is 11.6 Å². The predicted octanol–water partition coefficient (Wildman–Crippen LogP) is 17.9. The van der Waals surface area contributed by atoms with Crippen molar-refractivity contribution < 1.29 is 55.8 Å². The van der Waals surface area contributed by atoms with Crippen molar-refractivity contribution in [2.24, 2.45) is 9.98 Å². The second-order valence-electron chi connectivity index (χ2n) is 30.8. The fourth-order valence-corrected chi connectivity index (χ4v) is 13.3. The van der Waals surface area contributed by atoms with Gasteiger partial charge in [0.25, 0.3) is 0 Å². The molecule has 12 rings (SSSR count). The normalized spacial score (nSPS) is 12.7. The van der Waals surface area contributed by atoms with Crippen LogP contribution in [0.1, 0.15) is 199 Å². The number of isocyanates is 1. The summed E-state index contributed by atoms with van der Waals surface area (Å²) in [6.07, 6.45) is 11.4. The number of aryl methyl sites for hydroxylation is 10. The molecule has 0 aliphatic carbocycles. The molecule has 0 fully saturated rings. The van der Waals surface area contributed by atoms with Crippen LogP contribution in [0.3, 0.4) is 0 Å². The minimum Gasteiger partial charge on any atom is -1.00 e. The predicted molar refractivity (Wildman–Crippen MR) is 489 cm³/mol. The van der Waals surface area contributed by atoms with Crippen molar-refractivity contribution in [1.82, 2.24) is 20.5 Å². The Morgan fingerprint density at radius 1 is 0.467 bits per heavy atom. The maximum Gasteiger partial charge on any atom is 0.408 e. The van der Waals surface area contributed by atoms with Crippen molar-refractivity contribution in [3.8, 4) is 0 Å². The summed E-state index contributed by atoms with van der Waals surface area (Å²) in [6.45, 7) is 21.0. The average molecular weight is 1720 g/mol. The van der Waals surface area contributed by atoms with Gasteiger partial charge in [-0.2, -0.15) is 10.0 Å². The van der Waals surface area contributed by atoms with Crippen LogP contribution in [0.5, 0.6) is 0 Å². The first-order valence-electron chi connectivity index (χ1n) is 40.9. The monoisotopic (exact) mass is 1720 g/mol. The van der Waals surface area contributed by atoms with E-state index in [2.05, 4.69) is 249 Å². The number of ether oxygens (including phenoxy) is 2. The van der Waals surface area contributed by atoms with E-state index in [0.717, 1.165) is 90.9 Å². The fraction of sp³-hybridized carbons (Fsp3) is 0.294. The summed E-state index contributed by atoms with van der Waals surface area (Å²) in [5, 5.41) is 4.46. The first kappa shape index (κ1) is 98.0. The Balaban J connectivity index is 0.000000230. The van der Waals surface area contributed by atoms with E-state index >= 15 is 0 Å².